The van der Waals surface area contributed by atoms with Crippen LogP contribution < -0.4 is 0 Å². The maximum atomic E-state index is 4.44. The minimum Gasteiger partial charge on any atom is -0.252 e. The summed E-state index contributed by atoms with van der Waals surface area (Å²) in [6, 6.07) is 7.78. The number of nitrogens with zero attached hydrogens (tertiary/aromatic N) is 2. The number of benzene rings is 1. The highest BCUT2D eigenvalue weighted by atomic mass is 32.1. The van der Waals surface area contributed by atoms with Crippen molar-refractivity contribution in [2.24, 2.45) is 0 Å². The molecule has 1 heterocycles. The summed E-state index contributed by atoms with van der Waals surface area (Å²) in [7, 11) is 0. The average Bonchev–Trinajstić information content (AvgIpc) is 2.27. The molecule has 2 nitrogen and oxygen atoms in total. The standard InChI is InChI=1S/C10H8N2S2/c13-6-10(14)9-5-11-7-3-1-2-4-8(7)12-9/h1-6,13-14H/p+2. The fourth-order valence-corrected chi connectivity index (χ4v) is 1.43. The molecular weight excluding hydrogens is 212 g/mol. The lowest BCUT2D eigenvalue weighted by molar-refractivity contribution is 1.26. The highest BCUT2D eigenvalue weighted by molar-refractivity contribution is 7.72. The summed E-state index contributed by atoms with van der Waals surface area (Å²) in [6.07, 6.45) is 1.74. The summed E-state index contributed by atoms with van der Waals surface area (Å²) in [5, 5.41) is 1.76. The third-order valence-electron chi connectivity index (χ3n) is 1.87. The van der Waals surface area contributed by atoms with Gasteiger partial charge in [0.2, 0.25) is 4.91 Å². The molecule has 1 aromatic heterocycles. The third kappa shape index (κ3) is 1.76. The number of rotatable bonds is 1. The van der Waals surface area contributed by atoms with E-state index < -0.39 is 0 Å². The molecule has 0 spiro atoms. The van der Waals surface area contributed by atoms with Crippen LogP contribution in [0.4, 0.5) is 0 Å². The summed E-state index contributed by atoms with van der Waals surface area (Å²) in [5.41, 5.74) is 2.62. The Morgan fingerprint density at radius 2 is 1.93 bits per heavy atom. The van der Waals surface area contributed by atoms with Crippen molar-refractivity contribution >= 4 is 41.2 Å². The van der Waals surface area contributed by atoms with Crippen molar-refractivity contribution in [1.29, 1.82) is 0 Å². The quantitative estimate of drug-likeness (QED) is 0.671. The highest BCUT2D eigenvalue weighted by Crippen LogP contribution is 2.13. The average molecular weight is 222 g/mol. The van der Waals surface area contributed by atoms with Gasteiger partial charge in [0.05, 0.1) is 17.2 Å². The molecule has 0 atom stereocenters. The molecule has 2 aromatic rings. The lowest BCUT2D eigenvalue weighted by Crippen LogP contribution is -1.90. The first-order chi connectivity index (χ1) is 6.81. The first-order valence-corrected chi connectivity index (χ1v) is 5.20. The van der Waals surface area contributed by atoms with E-state index in [2.05, 4.69) is 35.2 Å². The summed E-state index contributed by atoms with van der Waals surface area (Å²) in [6.45, 7) is 0. The van der Waals surface area contributed by atoms with Crippen LogP contribution in [0.5, 0.6) is 0 Å². The molecule has 0 bridgehead atoms. The molecule has 0 aliphatic rings. The van der Waals surface area contributed by atoms with Crippen LogP contribution in [0, 0.1) is 0 Å². The Morgan fingerprint density at radius 1 is 1.21 bits per heavy atom. The van der Waals surface area contributed by atoms with E-state index in [-0.39, 0.29) is 0 Å². The first-order valence-electron chi connectivity index (χ1n) is 4.12. The number of aromatic nitrogens is 2. The van der Waals surface area contributed by atoms with Crippen LogP contribution in [0.1, 0.15) is 5.69 Å². The highest BCUT2D eigenvalue weighted by Gasteiger charge is 2.06. The predicted molar refractivity (Wildman–Crippen MR) is 67.8 cm³/mol. The van der Waals surface area contributed by atoms with E-state index in [9.17, 15) is 0 Å². The maximum Gasteiger partial charge on any atom is 0.224 e. The lowest BCUT2D eigenvalue weighted by Gasteiger charge is -1.96. The van der Waals surface area contributed by atoms with E-state index in [0.29, 0.717) is 0 Å². The molecule has 0 unspecified atom stereocenters. The molecule has 0 fully saturated rings. The molecule has 0 saturated carbocycles. The van der Waals surface area contributed by atoms with E-state index in [0.717, 1.165) is 21.6 Å². The topological polar surface area (TPSA) is 25.8 Å². The minimum atomic E-state index is 0.815. The van der Waals surface area contributed by atoms with Gasteiger partial charge in [0.1, 0.15) is 5.69 Å². The zero-order valence-electron chi connectivity index (χ0n) is 7.36. The van der Waals surface area contributed by atoms with Gasteiger partial charge in [0.25, 0.3) is 0 Å². The van der Waals surface area contributed by atoms with E-state index in [4.69, 9.17) is 0 Å². The molecular formula is C10H10N2S2+2. The summed E-state index contributed by atoms with van der Waals surface area (Å²) in [4.78, 5) is 9.60. The number of hydrogen-bond donors (Lipinski definition) is 0. The minimum absolute atomic E-state index is 0.815. The van der Waals surface area contributed by atoms with Crippen molar-refractivity contribution in [1.82, 2.24) is 9.97 Å². The monoisotopic (exact) mass is 222 g/mol. The molecule has 4 heteroatoms. The zero-order valence-corrected chi connectivity index (χ0v) is 9.36. The van der Waals surface area contributed by atoms with Crippen LogP contribution in [0.3, 0.4) is 0 Å². The number of hydrogen-bond acceptors (Lipinski definition) is 2. The van der Waals surface area contributed by atoms with E-state index in [1.807, 2.05) is 24.3 Å². The Bertz CT molecular complexity index is 494. The third-order valence-corrected chi connectivity index (χ3v) is 2.85. The lowest BCUT2D eigenvalue weighted by atomic mass is 10.3. The van der Waals surface area contributed by atoms with Crippen molar-refractivity contribution < 1.29 is 0 Å². The van der Waals surface area contributed by atoms with Crippen LogP contribution in [0.15, 0.2) is 35.9 Å². The van der Waals surface area contributed by atoms with Crippen LogP contribution in [0.2, 0.25) is 0 Å². The Kier molecular flexibility index (Phi) is 2.74. The Labute approximate surface area is 92.9 Å². The molecule has 14 heavy (non-hydrogen) atoms. The summed E-state index contributed by atoms with van der Waals surface area (Å²) >= 11 is 6.72. The van der Waals surface area contributed by atoms with Gasteiger partial charge in [-0.05, 0) is 24.8 Å². The number of para-hydroxylation sites is 2. The smallest absolute Gasteiger partial charge is 0.224 e. The van der Waals surface area contributed by atoms with Crippen LogP contribution in [-0.4, -0.2) is 9.97 Å². The van der Waals surface area contributed by atoms with Gasteiger partial charge in [0, 0.05) is 12.6 Å². The van der Waals surface area contributed by atoms with E-state index in [1.54, 1.807) is 11.6 Å². The van der Waals surface area contributed by atoms with Crippen molar-refractivity contribution in [3.8, 4) is 0 Å². The van der Waals surface area contributed by atoms with Crippen molar-refractivity contribution in [2.75, 3.05) is 0 Å². The van der Waals surface area contributed by atoms with Crippen molar-refractivity contribution in [3.63, 3.8) is 0 Å². The molecule has 0 saturated heterocycles. The van der Waals surface area contributed by atoms with Gasteiger partial charge in [0.15, 0.2) is 5.41 Å². The molecule has 70 valence electrons. The predicted octanol–water partition coefficient (Wildman–Crippen LogP) is 0.951. The second kappa shape index (κ2) is 4.02. The Morgan fingerprint density at radius 3 is 2.64 bits per heavy atom. The Balaban J connectivity index is 2.62. The van der Waals surface area contributed by atoms with Gasteiger partial charge in [-0.3, -0.25) is 4.98 Å². The second-order valence-electron chi connectivity index (χ2n) is 2.80. The largest absolute Gasteiger partial charge is 0.252 e. The number of fused-ring (bicyclic) bond motifs is 1. The van der Waals surface area contributed by atoms with Gasteiger partial charge in [-0.15, -0.1) is 0 Å². The fraction of sp³-hybridized carbons (Fsp3) is 0. The molecule has 0 radical (unpaired) electrons. The SMILES string of the molecule is [SH2+]C=C([SH2+])c1cnc2ccccc2n1. The van der Waals surface area contributed by atoms with Crippen LogP contribution in [-0.2, 0) is 25.3 Å². The van der Waals surface area contributed by atoms with Gasteiger partial charge in [-0.2, -0.15) is 0 Å². The van der Waals surface area contributed by atoms with Crippen molar-refractivity contribution in [2.45, 2.75) is 0 Å². The summed E-state index contributed by atoms with van der Waals surface area (Å²) < 4.78 is 0. The van der Waals surface area contributed by atoms with E-state index >= 15 is 0 Å². The van der Waals surface area contributed by atoms with Crippen molar-refractivity contribution in [3.05, 3.63) is 41.6 Å². The molecule has 0 amide bonds. The summed E-state index contributed by atoms with van der Waals surface area (Å²) in [5.74, 6) is 0. The van der Waals surface area contributed by atoms with Crippen LogP contribution >= 0.6 is 0 Å². The van der Waals surface area contributed by atoms with Gasteiger partial charge < -0.3 is 0 Å². The molecule has 0 N–H and O–H groups in total. The molecule has 0 aliphatic heterocycles. The molecule has 0 aliphatic carbocycles. The fourth-order valence-electron chi connectivity index (χ4n) is 1.16. The Hall–Kier alpha value is -1.00. The second-order valence-corrected chi connectivity index (χ2v) is 3.63. The van der Waals surface area contributed by atoms with Gasteiger partial charge in [-0.25, -0.2) is 4.98 Å². The van der Waals surface area contributed by atoms with Gasteiger partial charge in [-0.1, -0.05) is 12.1 Å². The maximum absolute atomic E-state index is 4.44. The normalized spacial score (nSPS) is 12.0. The van der Waals surface area contributed by atoms with Gasteiger partial charge >= 0.3 is 0 Å². The molecule has 1 aromatic carbocycles. The van der Waals surface area contributed by atoms with E-state index in [1.165, 1.54) is 0 Å². The zero-order chi connectivity index (χ0) is 9.97. The molecule has 2 rings (SSSR count). The first kappa shape index (κ1) is 9.55. The van der Waals surface area contributed by atoms with Crippen LogP contribution in [0.25, 0.3) is 15.9 Å².